The first-order chi connectivity index (χ1) is 12.0. The first kappa shape index (κ1) is 17.0. The molecule has 5 heteroatoms. The molecule has 0 fully saturated rings. The minimum Gasteiger partial charge on any atom is -0.507 e. The van der Waals surface area contributed by atoms with Crippen LogP contribution in [0.5, 0.6) is 5.75 Å². The van der Waals surface area contributed by atoms with Gasteiger partial charge in [-0.05, 0) is 49.1 Å². The zero-order valence-electron chi connectivity index (χ0n) is 14.4. The van der Waals surface area contributed by atoms with E-state index < -0.39 is 12.1 Å². The highest BCUT2D eigenvalue weighted by atomic mass is 16.5. The molecule has 0 unspecified atom stereocenters. The van der Waals surface area contributed by atoms with Gasteiger partial charge in [-0.15, -0.1) is 0 Å². The minimum absolute atomic E-state index is 0.0641. The molecule has 0 radical (unpaired) electrons. The molecule has 3 rings (SSSR count). The fourth-order valence-corrected chi connectivity index (χ4v) is 3.03. The summed E-state index contributed by atoms with van der Waals surface area (Å²) < 4.78 is 5.27. The second kappa shape index (κ2) is 6.97. The maximum atomic E-state index is 12.6. The van der Waals surface area contributed by atoms with Gasteiger partial charge in [0.25, 0.3) is 5.91 Å². The Balaban J connectivity index is 1.66. The lowest BCUT2D eigenvalue weighted by molar-refractivity contribution is -0.140. The van der Waals surface area contributed by atoms with Crippen LogP contribution in [-0.4, -0.2) is 34.5 Å². The van der Waals surface area contributed by atoms with E-state index in [1.807, 2.05) is 25.1 Å². The average Bonchev–Trinajstić information content (AvgIpc) is 2.60. The zero-order valence-corrected chi connectivity index (χ0v) is 14.4. The van der Waals surface area contributed by atoms with Crippen LogP contribution in [0.1, 0.15) is 34.0 Å². The molecule has 1 aliphatic heterocycles. The van der Waals surface area contributed by atoms with Crippen molar-refractivity contribution in [3.8, 4) is 5.75 Å². The number of hydrogen-bond acceptors (Lipinski definition) is 4. The monoisotopic (exact) mass is 339 g/mol. The van der Waals surface area contributed by atoms with Crippen LogP contribution in [-0.2, 0) is 22.5 Å². The fourth-order valence-electron chi connectivity index (χ4n) is 3.03. The van der Waals surface area contributed by atoms with Gasteiger partial charge in [0.05, 0.1) is 0 Å². The lowest BCUT2D eigenvalue weighted by atomic mass is 9.99. The van der Waals surface area contributed by atoms with Gasteiger partial charge in [-0.3, -0.25) is 4.79 Å². The Bertz CT molecular complexity index is 815. The fraction of sp³-hybridized carbons (Fsp3) is 0.300. The second-order valence-corrected chi connectivity index (χ2v) is 6.35. The lowest BCUT2D eigenvalue weighted by Gasteiger charge is -2.30. The molecule has 25 heavy (non-hydrogen) atoms. The Morgan fingerprint density at radius 1 is 1.16 bits per heavy atom. The molecular weight excluding hydrogens is 318 g/mol. The van der Waals surface area contributed by atoms with Gasteiger partial charge in [0.2, 0.25) is 0 Å². The Morgan fingerprint density at radius 3 is 2.60 bits per heavy atom. The number of ether oxygens (including phenoxy) is 1. The number of carbonyl (C=O) groups is 2. The Hall–Kier alpha value is -2.82. The third-order valence-corrected chi connectivity index (χ3v) is 4.45. The normalized spacial score (nSPS) is 14.6. The maximum absolute atomic E-state index is 12.6. The largest absolute Gasteiger partial charge is 0.507 e. The summed E-state index contributed by atoms with van der Waals surface area (Å²) in [7, 11) is 0. The van der Waals surface area contributed by atoms with Crippen molar-refractivity contribution in [1.29, 1.82) is 0 Å². The summed E-state index contributed by atoms with van der Waals surface area (Å²) in [5.41, 5.74) is 3.27. The van der Waals surface area contributed by atoms with E-state index >= 15 is 0 Å². The number of carbonyl (C=O) groups excluding carboxylic acids is 2. The highest BCUT2D eigenvalue weighted by Gasteiger charge is 2.27. The van der Waals surface area contributed by atoms with Crippen LogP contribution in [0, 0.1) is 6.92 Å². The smallest absolute Gasteiger partial charge is 0.342 e. The number of phenolic OH excluding ortho intramolecular Hbond substituents is 1. The van der Waals surface area contributed by atoms with Crippen molar-refractivity contribution < 1.29 is 19.4 Å². The number of phenols is 1. The van der Waals surface area contributed by atoms with E-state index in [-0.39, 0.29) is 17.2 Å². The number of rotatable bonds is 3. The van der Waals surface area contributed by atoms with Crippen LogP contribution in [0.3, 0.4) is 0 Å². The summed E-state index contributed by atoms with van der Waals surface area (Å²) in [6.45, 7) is 4.50. The topological polar surface area (TPSA) is 66.8 Å². The molecular formula is C20H21NO4. The number of fused-ring (bicyclic) bond motifs is 1. The standard InChI is InChI=1S/C20H21NO4/c1-13-7-8-17(18(22)11-13)20(24)25-14(2)19(23)21-10-9-15-5-3-4-6-16(15)12-21/h3-8,11,14,22H,9-10,12H2,1-2H3/t14-/m1/s1. The van der Waals surface area contributed by atoms with Crippen molar-refractivity contribution in [1.82, 2.24) is 4.90 Å². The minimum atomic E-state index is -0.904. The quantitative estimate of drug-likeness (QED) is 0.873. The van der Waals surface area contributed by atoms with Crippen LogP contribution in [0.4, 0.5) is 0 Å². The summed E-state index contributed by atoms with van der Waals surface area (Å²) >= 11 is 0. The van der Waals surface area contributed by atoms with Crippen LogP contribution < -0.4 is 0 Å². The lowest BCUT2D eigenvalue weighted by Crippen LogP contribution is -2.42. The molecule has 0 saturated carbocycles. The molecule has 0 aromatic heterocycles. The van der Waals surface area contributed by atoms with Gasteiger partial charge in [0.15, 0.2) is 6.10 Å². The predicted octanol–water partition coefficient (Wildman–Crippen LogP) is 2.83. The summed E-state index contributed by atoms with van der Waals surface area (Å²) in [6.07, 6.45) is -0.111. The molecule has 0 spiro atoms. The third kappa shape index (κ3) is 3.65. The molecule has 0 saturated heterocycles. The predicted molar refractivity (Wildman–Crippen MR) is 93.3 cm³/mol. The molecule has 1 heterocycles. The van der Waals surface area contributed by atoms with E-state index in [9.17, 15) is 14.7 Å². The van der Waals surface area contributed by atoms with E-state index in [4.69, 9.17) is 4.74 Å². The van der Waals surface area contributed by atoms with Gasteiger partial charge < -0.3 is 14.7 Å². The van der Waals surface area contributed by atoms with Gasteiger partial charge in [-0.2, -0.15) is 0 Å². The molecule has 130 valence electrons. The van der Waals surface area contributed by atoms with E-state index in [2.05, 4.69) is 6.07 Å². The van der Waals surface area contributed by atoms with Gasteiger partial charge in [0, 0.05) is 13.1 Å². The average molecular weight is 339 g/mol. The van der Waals surface area contributed by atoms with Crippen molar-refractivity contribution in [2.24, 2.45) is 0 Å². The zero-order chi connectivity index (χ0) is 18.0. The van der Waals surface area contributed by atoms with Gasteiger partial charge >= 0.3 is 5.97 Å². The molecule has 0 bridgehead atoms. The first-order valence-electron chi connectivity index (χ1n) is 8.32. The second-order valence-electron chi connectivity index (χ2n) is 6.35. The van der Waals surface area contributed by atoms with Gasteiger partial charge in [0.1, 0.15) is 11.3 Å². The van der Waals surface area contributed by atoms with Gasteiger partial charge in [-0.1, -0.05) is 30.3 Å². The maximum Gasteiger partial charge on any atom is 0.342 e. The van der Waals surface area contributed by atoms with Crippen LogP contribution >= 0.6 is 0 Å². The molecule has 0 aliphatic carbocycles. The Morgan fingerprint density at radius 2 is 1.88 bits per heavy atom. The number of hydrogen-bond donors (Lipinski definition) is 1. The molecule has 1 amide bonds. The molecule has 2 aromatic carbocycles. The van der Waals surface area contributed by atoms with Crippen molar-refractivity contribution >= 4 is 11.9 Å². The first-order valence-corrected chi connectivity index (χ1v) is 8.32. The highest BCUT2D eigenvalue weighted by molar-refractivity contribution is 5.94. The summed E-state index contributed by atoms with van der Waals surface area (Å²) in [5.74, 6) is -1.07. The highest BCUT2D eigenvalue weighted by Crippen LogP contribution is 2.22. The number of aryl methyl sites for hydroxylation is 1. The summed E-state index contributed by atoms with van der Waals surface area (Å²) in [4.78, 5) is 26.5. The molecule has 1 aliphatic rings. The van der Waals surface area contributed by atoms with E-state index in [1.54, 1.807) is 17.9 Å². The molecule has 1 atom stereocenters. The summed E-state index contributed by atoms with van der Waals surface area (Å²) in [5, 5.41) is 9.88. The number of esters is 1. The number of aromatic hydroxyl groups is 1. The van der Waals surface area contributed by atoms with Crippen molar-refractivity contribution in [2.75, 3.05) is 6.54 Å². The SMILES string of the molecule is Cc1ccc(C(=O)O[C@H](C)C(=O)N2CCc3ccccc3C2)c(O)c1. The van der Waals surface area contributed by atoms with Gasteiger partial charge in [-0.25, -0.2) is 4.79 Å². The molecule has 5 nitrogen and oxygen atoms in total. The molecule has 1 N–H and O–H groups in total. The third-order valence-electron chi connectivity index (χ3n) is 4.45. The Kier molecular flexibility index (Phi) is 4.74. The number of benzene rings is 2. The van der Waals surface area contributed by atoms with E-state index in [0.29, 0.717) is 13.1 Å². The van der Waals surface area contributed by atoms with Crippen molar-refractivity contribution in [3.05, 3.63) is 64.7 Å². The van der Waals surface area contributed by atoms with Crippen LogP contribution in [0.25, 0.3) is 0 Å². The number of amides is 1. The summed E-state index contributed by atoms with van der Waals surface area (Å²) in [6, 6.07) is 12.7. The van der Waals surface area contributed by atoms with Crippen LogP contribution in [0.15, 0.2) is 42.5 Å². The van der Waals surface area contributed by atoms with E-state index in [1.165, 1.54) is 17.7 Å². The van der Waals surface area contributed by atoms with E-state index in [0.717, 1.165) is 17.5 Å². The number of nitrogens with zero attached hydrogens (tertiary/aromatic N) is 1. The molecule has 2 aromatic rings. The van der Waals surface area contributed by atoms with Crippen molar-refractivity contribution in [2.45, 2.75) is 32.9 Å². The van der Waals surface area contributed by atoms with Crippen LogP contribution in [0.2, 0.25) is 0 Å². The van der Waals surface area contributed by atoms with Crippen molar-refractivity contribution in [3.63, 3.8) is 0 Å². The Labute approximate surface area is 146 Å².